The summed E-state index contributed by atoms with van der Waals surface area (Å²) in [5.41, 5.74) is 1.68. The molecular formula is C33H21Cl4N3O4. The number of carbonyl (C=O) groups excluding carboxylic acids is 2. The van der Waals surface area contributed by atoms with E-state index in [0.29, 0.717) is 10.6 Å². The van der Waals surface area contributed by atoms with Crippen molar-refractivity contribution in [3.05, 3.63) is 157 Å². The fraction of sp³-hybridized carbons (Fsp3) is 0.0909. The zero-order valence-corrected chi connectivity index (χ0v) is 25.6. The van der Waals surface area contributed by atoms with Crippen molar-refractivity contribution in [2.75, 3.05) is 0 Å². The fourth-order valence-corrected chi connectivity index (χ4v) is 6.79. The molecule has 0 spiro atoms. The molecule has 1 aromatic heterocycles. The van der Waals surface area contributed by atoms with Crippen molar-refractivity contribution in [1.82, 2.24) is 14.5 Å². The SMILES string of the molecule is O=C(O)C(Cc1cn(C(c2ccccc2)(c2ccccc2)c2ccccc2)cn1)N1C(=O)c2c(Cl)c(Cl)c(Cl)c(Cl)c2C1=O. The Balaban J connectivity index is 1.46. The highest BCUT2D eigenvalue weighted by Crippen LogP contribution is 2.46. The Morgan fingerprint density at radius 1 is 0.705 bits per heavy atom. The van der Waals surface area contributed by atoms with Crippen molar-refractivity contribution in [2.45, 2.75) is 18.0 Å². The average Bonchev–Trinajstić information content (AvgIpc) is 3.61. The molecule has 2 heterocycles. The van der Waals surface area contributed by atoms with Crippen LogP contribution < -0.4 is 0 Å². The van der Waals surface area contributed by atoms with Crippen LogP contribution in [0.3, 0.4) is 0 Å². The molecule has 0 saturated carbocycles. The number of rotatable bonds is 8. The lowest BCUT2D eigenvalue weighted by Gasteiger charge is -2.37. The summed E-state index contributed by atoms with van der Waals surface area (Å²) in [4.78, 5) is 44.7. The molecule has 1 atom stereocenters. The first kappa shape index (κ1) is 29.9. The third-order valence-corrected chi connectivity index (χ3v) is 9.53. The van der Waals surface area contributed by atoms with Crippen LogP contribution in [0.15, 0.2) is 104 Å². The minimum atomic E-state index is -1.63. The Labute approximate surface area is 272 Å². The number of aromatic nitrogens is 2. The molecule has 7 nitrogen and oxygen atoms in total. The fourth-order valence-electron chi connectivity index (χ4n) is 5.77. The molecule has 2 amide bonds. The number of fused-ring (bicyclic) bond motifs is 1. The van der Waals surface area contributed by atoms with Crippen LogP contribution in [-0.4, -0.2) is 43.4 Å². The number of nitrogens with zero attached hydrogens (tertiary/aromatic N) is 3. The summed E-state index contributed by atoms with van der Waals surface area (Å²) in [6.07, 6.45) is 3.06. The van der Waals surface area contributed by atoms with Gasteiger partial charge in [0.15, 0.2) is 0 Å². The molecule has 4 aromatic carbocycles. The number of hydrogen-bond acceptors (Lipinski definition) is 4. The van der Waals surface area contributed by atoms with E-state index in [1.54, 1.807) is 12.5 Å². The molecule has 44 heavy (non-hydrogen) atoms. The van der Waals surface area contributed by atoms with Gasteiger partial charge in [0.05, 0.1) is 43.2 Å². The molecule has 0 radical (unpaired) electrons. The van der Waals surface area contributed by atoms with Crippen LogP contribution in [0.4, 0.5) is 0 Å². The maximum absolute atomic E-state index is 13.5. The van der Waals surface area contributed by atoms with Gasteiger partial charge in [-0.2, -0.15) is 0 Å². The van der Waals surface area contributed by atoms with Crippen molar-refractivity contribution < 1.29 is 19.5 Å². The van der Waals surface area contributed by atoms with Crippen LogP contribution in [0.2, 0.25) is 20.1 Å². The second-order valence-corrected chi connectivity index (χ2v) is 11.6. The highest BCUT2D eigenvalue weighted by Gasteiger charge is 2.47. The van der Waals surface area contributed by atoms with Gasteiger partial charge in [0.25, 0.3) is 11.8 Å². The van der Waals surface area contributed by atoms with E-state index in [2.05, 4.69) is 4.98 Å². The summed E-state index contributed by atoms with van der Waals surface area (Å²) in [5, 5.41) is 9.30. The third kappa shape index (κ3) is 4.68. The van der Waals surface area contributed by atoms with E-state index in [-0.39, 0.29) is 37.6 Å². The predicted octanol–water partition coefficient (Wildman–Crippen LogP) is 7.63. The molecule has 11 heteroatoms. The topological polar surface area (TPSA) is 92.5 Å². The van der Waals surface area contributed by atoms with Gasteiger partial charge < -0.3 is 9.67 Å². The van der Waals surface area contributed by atoms with Crippen LogP contribution in [0.1, 0.15) is 43.1 Å². The molecular weight excluding hydrogens is 644 g/mol. The molecule has 220 valence electrons. The van der Waals surface area contributed by atoms with Crippen molar-refractivity contribution in [3.63, 3.8) is 0 Å². The zero-order chi connectivity index (χ0) is 31.2. The number of hydrogen-bond donors (Lipinski definition) is 1. The average molecular weight is 665 g/mol. The van der Waals surface area contributed by atoms with Gasteiger partial charge >= 0.3 is 5.97 Å². The first-order chi connectivity index (χ1) is 21.2. The molecule has 0 aliphatic carbocycles. The largest absolute Gasteiger partial charge is 0.480 e. The number of imide groups is 1. The molecule has 6 rings (SSSR count). The smallest absolute Gasteiger partial charge is 0.327 e. The Hall–Kier alpha value is -4.14. The first-order valence-electron chi connectivity index (χ1n) is 13.3. The quantitative estimate of drug-likeness (QED) is 0.0797. The van der Waals surface area contributed by atoms with Crippen LogP contribution >= 0.6 is 46.4 Å². The maximum Gasteiger partial charge on any atom is 0.327 e. The summed E-state index contributed by atoms with van der Waals surface area (Å²) in [5.74, 6) is -3.29. The summed E-state index contributed by atoms with van der Waals surface area (Å²) >= 11 is 24.8. The minimum Gasteiger partial charge on any atom is -0.480 e. The van der Waals surface area contributed by atoms with E-state index >= 15 is 0 Å². The number of halogens is 4. The van der Waals surface area contributed by atoms with Gasteiger partial charge in [-0.15, -0.1) is 0 Å². The minimum absolute atomic E-state index is 0.204. The van der Waals surface area contributed by atoms with Gasteiger partial charge in [-0.3, -0.25) is 14.5 Å². The van der Waals surface area contributed by atoms with Gasteiger partial charge in [-0.05, 0) is 16.7 Å². The summed E-state index contributed by atoms with van der Waals surface area (Å²) in [6.45, 7) is 0. The number of carboxylic acid groups (broad SMARTS) is 1. The molecule has 0 saturated heterocycles. The van der Waals surface area contributed by atoms with Crippen molar-refractivity contribution >= 4 is 64.2 Å². The Morgan fingerprint density at radius 2 is 1.11 bits per heavy atom. The zero-order valence-electron chi connectivity index (χ0n) is 22.6. The Kier molecular flexibility index (Phi) is 7.99. The number of carboxylic acids is 1. The van der Waals surface area contributed by atoms with E-state index in [1.165, 1.54) is 0 Å². The molecule has 1 aliphatic heterocycles. The van der Waals surface area contributed by atoms with E-state index in [0.717, 1.165) is 16.7 Å². The summed E-state index contributed by atoms with van der Waals surface area (Å²) < 4.78 is 1.91. The number of benzene rings is 4. The van der Waals surface area contributed by atoms with Crippen molar-refractivity contribution in [1.29, 1.82) is 0 Å². The second-order valence-electron chi connectivity index (χ2n) is 10.1. The van der Waals surface area contributed by atoms with Gasteiger partial charge in [-0.1, -0.05) is 137 Å². The molecule has 1 unspecified atom stereocenters. The molecule has 1 aliphatic rings. The van der Waals surface area contributed by atoms with E-state index < -0.39 is 29.4 Å². The lowest BCUT2D eigenvalue weighted by Crippen LogP contribution is -2.46. The lowest BCUT2D eigenvalue weighted by molar-refractivity contribution is -0.141. The monoisotopic (exact) mass is 663 g/mol. The summed E-state index contributed by atoms with van der Waals surface area (Å²) in [6, 6.07) is 28.0. The second kappa shape index (κ2) is 11.7. The van der Waals surface area contributed by atoms with Crippen LogP contribution in [-0.2, 0) is 16.8 Å². The van der Waals surface area contributed by atoms with Crippen LogP contribution in [0.25, 0.3) is 0 Å². The lowest BCUT2D eigenvalue weighted by atomic mass is 9.77. The highest BCUT2D eigenvalue weighted by atomic mass is 35.5. The Morgan fingerprint density at radius 3 is 1.50 bits per heavy atom. The number of imidazole rings is 1. The molecule has 5 aromatic rings. The molecule has 0 bridgehead atoms. The van der Waals surface area contributed by atoms with Gasteiger partial charge in [0.2, 0.25) is 0 Å². The number of aliphatic carboxylic acids is 1. The number of carbonyl (C=O) groups is 3. The Bertz CT molecular complexity index is 1770. The van der Waals surface area contributed by atoms with Crippen molar-refractivity contribution in [3.8, 4) is 0 Å². The van der Waals surface area contributed by atoms with Gasteiger partial charge in [-0.25, -0.2) is 9.78 Å². The molecule has 0 fully saturated rings. The van der Waals surface area contributed by atoms with E-state index in [1.807, 2.05) is 95.6 Å². The van der Waals surface area contributed by atoms with Gasteiger partial charge in [0.1, 0.15) is 11.6 Å². The van der Waals surface area contributed by atoms with Crippen LogP contribution in [0, 0.1) is 0 Å². The first-order valence-corrected chi connectivity index (χ1v) is 14.9. The van der Waals surface area contributed by atoms with E-state index in [9.17, 15) is 19.5 Å². The summed E-state index contributed by atoms with van der Waals surface area (Å²) in [7, 11) is 0. The van der Waals surface area contributed by atoms with Crippen LogP contribution in [0.5, 0.6) is 0 Å². The van der Waals surface area contributed by atoms with E-state index in [4.69, 9.17) is 46.4 Å². The maximum atomic E-state index is 13.5. The highest BCUT2D eigenvalue weighted by molar-refractivity contribution is 6.55. The van der Waals surface area contributed by atoms with Crippen molar-refractivity contribution in [2.24, 2.45) is 0 Å². The normalized spacial score (nSPS) is 13.7. The predicted molar refractivity (Wildman–Crippen MR) is 169 cm³/mol. The number of amides is 2. The standard InChI is InChI=1S/C33H21Cl4N3O4/c34-26-24-25(27(35)29(37)28(26)36)31(42)40(30(24)41)23(32(43)44)16-22-17-39(18-38-22)33(19-10-4-1-5-11-19,20-12-6-2-7-13-20)21-14-8-3-9-15-21/h1-15,17-18,23H,16H2,(H,43,44). The third-order valence-electron chi connectivity index (χ3n) is 7.73. The van der Waals surface area contributed by atoms with Gasteiger partial charge in [0, 0.05) is 12.6 Å². The molecule has 1 N–H and O–H groups in total.